The molecule has 1 nitrogen and oxygen atoms in total. The third-order valence-electron chi connectivity index (χ3n) is 2.60. The Morgan fingerprint density at radius 3 is 2.33 bits per heavy atom. The van der Waals surface area contributed by atoms with Gasteiger partial charge in [0, 0.05) is 0 Å². The van der Waals surface area contributed by atoms with Gasteiger partial charge < -0.3 is 0 Å². The lowest BCUT2D eigenvalue weighted by Gasteiger charge is -2.16. The molecule has 0 aliphatic carbocycles. The van der Waals surface area contributed by atoms with E-state index in [1.807, 2.05) is 6.07 Å². The summed E-state index contributed by atoms with van der Waals surface area (Å²) in [4.78, 5) is 0. The summed E-state index contributed by atoms with van der Waals surface area (Å²) < 4.78 is 0. The van der Waals surface area contributed by atoms with E-state index in [1.165, 1.54) is 32.1 Å². The fourth-order valence-electron chi connectivity index (χ4n) is 1.77. The molecule has 1 aromatic carbocycles. The maximum absolute atomic E-state index is 4.79. The van der Waals surface area contributed by atoms with Gasteiger partial charge in [-0.25, -0.2) is 0 Å². The first-order valence-electron chi connectivity index (χ1n) is 6.12. The molecule has 0 heterocycles. The Morgan fingerprint density at radius 1 is 1.00 bits per heavy atom. The van der Waals surface area contributed by atoms with Gasteiger partial charge in [0.15, 0.2) is 0 Å². The summed E-state index contributed by atoms with van der Waals surface area (Å²) in [7, 11) is 0. The Hall–Kier alpha value is -0.980. The van der Waals surface area contributed by atoms with Crippen molar-refractivity contribution in [1.29, 1.82) is 0 Å². The van der Waals surface area contributed by atoms with Crippen molar-refractivity contribution < 1.29 is 0 Å². The average molecular weight is 204 g/mol. The van der Waals surface area contributed by atoms with Crippen LogP contribution in [-0.4, -0.2) is 6.04 Å². The molecule has 0 saturated carbocycles. The van der Waals surface area contributed by atoms with Gasteiger partial charge >= 0.3 is 0 Å². The summed E-state index contributed by atoms with van der Waals surface area (Å²) in [6.07, 6.45) is 6.24. The SMILES string of the molecule is CCCCC(CCC)[N]c1ccccc1. The largest absolute Gasteiger partial charge is 0.282 e. The maximum Gasteiger partial charge on any atom is 0.0577 e. The third kappa shape index (κ3) is 4.87. The van der Waals surface area contributed by atoms with Crippen molar-refractivity contribution in [2.75, 3.05) is 0 Å². The molecule has 0 saturated heterocycles. The van der Waals surface area contributed by atoms with Gasteiger partial charge in [0.1, 0.15) is 0 Å². The first kappa shape index (κ1) is 12.1. The highest BCUT2D eigenvalue weighted by molar-refractivity contribution is 5.35. The highest BCUT2D eigenvalue weighted by Crippen LogP contribution is 2.14. The molecule has 0 aromatic heterocycles. The van der Waals surface area contributed by atoms with Crippen LogP contribution in [-0.2, 0) is 0 Å². The standard InChI is InChI=1S/C14H22N/c1-3-5-10-13(9-4-2)15-14-11-7-6-8-12-14/h6-8,11-13H,3-5,9-10H2,1-2H3. The van der Waals surface area contributed by atoms with E-state index in [-0.39, 0.29) is 0 Å². The molecule has 1 rings (SSSR count). The molecule has 0 amide bonds. The molecule has 0 fully saturated rings. The van der Waals surface area contributed by atoms with Crippen molar-refractivity contribution >= 4 is 5.69 Å². The van der Waals surface area contributed by atoms with Crippen molar-refractivity contribution in [3.05, 3.63) is 30.3 Å². The predicted molar refractivity (Wildman–Crippen MR) is 66.5 cm³/mol. The normalized spacial score (nSPS) is 12.4. The highest BCUT2D eigenvalue weighted by atomic mass is 14.9. The Bertz CT molecular complexity index is 243. The lowest BCUT2D eigenvalue weighted by Crippen LogP contribution is -2.17. The maximum atomic E-state index is 4.79. The van der Waals surface area contributed by atoms with Crippen LogP contribution in [0.1, 0.15) is 46.0 Å². The minimum absolute atomic E-state index is 0.525. The smallest absolute Gasteiger partial charge is 0.0577 e. The van der Waals surface area contributed by atoms with Crippen LogP contribution in [0.4, 0.5) is 5.69 Å². The Morgan fingerprint density at radius 2 is 1.73 bits per heavy atom. The predicted octanol–water partition coefficient (Wildman–Crippen LogP) is 4.28. The fraction of sp³-hybridized carbons (Fsp3) is 0.571. The van der Waals surface area contributed by atoms with Crippen molar-refractivity contribution in [2.45, 2.75) is 52.0 Å². The molecule has 1 heteroatoms. The quantitative estimate of drug-likeness (QED) is 0.629. The van der Waals surface area contributed by atoms with Gasteiger partial charge in [-0.2, -0.15) is 0 Å². The van der Waals surface area contributed by atoms with E-state index in [9.17, 15) is 0 Å². The molecular formula is C14H22N. The van der Waals surface area contributed by atoms with Gasteiger partial charge in [-0.3, -0.25) is 5.32 Å². The van der Waals surface area contributed by atoms with E-state index in [0.29, 0.717) is 6.04 Å². The minimum atomic E-state index is 0.525. The van der Waals surface area contributed by atoms with Crippen molar-refractivity contribution in [3.8, 4) is 0 Å². The first-order chi connectivity index (χ1) is 7.36. The van der Waals surface area contributed by atoms with E-state index in [2.05, 4.69) is 38.1 Å². The Labute approximate surface area is 93.9 Å². The second kappa shape index (κ2) is 7.33. The zero-order valence-electron chi connectivity index (χ0n) is 9.95. The van der Waals surface area contributed by atoms with Crippen LogP contribution in [0, 0.1) is 0 Å². The topological polar surface area (TPSA) is 14.1 Å². The van der Waals surface area contributed by atoms with Gasteiger partial charge in [0.2, 0.25) is 0 Å². The number of hydrogen-bond donors (Lipinski definition) is 0. The van der Waals surface area contributed by atoms with Crippen LogP contribution in [0.5, 0.6) is 0 Å². The minimum Gasteiger partial charge on any atom is -0.282 e. The van der Waals surface area contributed by atoms with E-state index in [4.69, 9.17) is 5.32 Å². The number of rotatable bonds is 7. The Balaban J connectivity index is 2.43. The third-order valence-corrected chi connectivity index (χ3v) is 2.60. The summed E-state index contributed by atoms with van der Waals surface area (Å²) >= 11 is 0. The molecule has 1 radical (unpaired) electrons. The van der Waals surface area contributed by atoms with E-state index in [0.717, 1.165) is 5.69 Å². The second-order valence-electron chi connectivity index (χ2n) is 4.05. The monoisotopic (exact) mass is 204 g/mol. The van der Waals surface area contributed by atoms with E-state index < -0.39 is 0 Å². The number of para-hydroxylation sites is 1. The molecule has 1 aromatic rings. The number of unbranched alkanes of at least 4 members (excludes halogenated alkanes) is 1. The van der Waals surface area contributed by atoms with Crippen LogP contribution in [0.3, 0.4) is 0 Å². The molecular weight excluding hydrogens is 182 g/mol. The zero-order valence-corrected chi connectivity index (χ0v) is 9.95. The fourth-order valence-corrected chi connectivity index (χ4v) is 1.77. The average Bonchev–Trinajstić information content (AvgIpc) is 2.28. The second-order valence-corrected chi connectivity index (χ2v) is 4.05. The molecule has 1 atom stereocenters. The van der Waals surface area contributed by atoms with Crippen LogP contribution in [0.2, 0.25) is 0 Å². The summed E-state index contributed by atoms with van der Waals surface area (Å²) in [5, 5.41) is 4.79. The first-order valence-corrected chi connectivity index (χ1v) is 6.12. The lowest BCUT2D eigenvalue weighted by atomic mass is 10.0. The summed E-state index contributed by atoms with van der Waals surface area (Å²) in [5.74, 6) is 0. The van der Waals surface area contributed by atoms with Gasteiger partial charge in [0.25, 0.3) is 0 Å². The van der Waals surface area contributed by atoms with E-state index in [1.54, 1.807) is 0 Å². The van der Waals surface area contributed by atoms with Crippen molar-refractivity contribution in [2.24, 2.45) is 0 Å². The molecule has 0 aliphatic rings. The van der Waals surface area contributed by atoms with Crippen molar-refractivity contribution in [3.63, 3.8) is 0 Å². The molecule has 0 bridgehead atoms. The zero-order chi connectivity index (χ0) is 10.9. The van der Waals surface area contributed by atoms with Crippen LogP contribution in [0.15, 0.2) is 30.3 Å². The van der Waals surface area contributed by atoms with Gasteiger partial charge in [-0.15, -0.1) is 0 Å². The summed E-state index contributed by atoms with van der Waals surface area (Å²) in [6, 6.07) is 10.9. The summed E-state index contributed by atoms with van der Waals surface area (Å²) in [5.41, 5.74) is 1.13. The number of nitrogens with zero attached hydrogens (tertiary/aromatic N) is 1. The number of hydrogen-bond acceptors (Lipinski definition) is 0. The van der Waals surface area contributed by atoms with Crippen molar-refractivity contribution in [1.82, 2.24) is 5.32 Å². The Kier molecular flexibility index (Phi) is 5.91. The van der Waals surface area contributed by atoms with Crippen LogP contribution in [0.25, 0.3) is 0 Å². The van der Waals surface area contributed by atoms with Gasteiger partial charge in [-0.1, -0.05) is 51.3 Å². The molecule has 0 N–H and O–H groups in total. The summed E-state index contributed by atoms with van der Waals surface area (Å²) in [6.45, 7) is 4.48. The molecule has 0 aliphatic heterocycles. The van der Waals surface area contributed by atoms with E-state index >= 15 is 0 Å². The van der Waals surface area contributed by atoms with Gasteiger partial charge in [-0.05, 0) is 25.0 Å². The molecule has 83 valence electrons. The molecule has 1 unspecified atom stereocenters. The molecule has 15 heavy (non-hydrogen) atoms. The molecule has 0 spiro atoms. The van der Waals surface area contributed by atoms with Crippen LogP contribution >= 0.6 is 0 Å². The number of benzene rings is 1. The van der Waals surface area contributed by atoms with Crippen LogP contribution < -0.4 is 5.32 Å². The van der Waals surface area contributed by atoms with Gasteiger partial charge in [0.05, 0.1) is 11.7 Å². The highest BCUT2D eigenvalue weighted by Gasteiger charge is 2.08. The lowest BCUT2D eigenvalue weighted by molar-refractivity contribution is 0.479.